The topological polar surface area (TPSA) is 97.4 Å². The van der Waals surface area contributed by atoms with E-state index in [1.165, 1.54) is 6.20 Å². The van der Waals surface area contributed by atoms with Gasteiger partial charge in [0.05, 0.1) is 11.9 Å². The van der Waals surface area contributed by atoms with Crippen LogP contribution in [0.15, 0.2) is 42.6 Å². The molecule has 34 heavy (non-hydrogen) atoms. The van der Waals surface area contributed by atoms with Crippen LogP contribution in [0.3, 0.4) is 0 Å². The Kier molecular flexibility index (Phi) is 6.73. The summed E-state index contributed by atoms with van der Waals surface area (Å²) in [6, 6.07) is 11.8. The molecule has 0 saturated heterocycles. The lowest BCUT2D eigenvalue weighted by Crippen LogP contribution is -2.38. The second kappa shape index (κ2) is 9.57. The monoisotopic (exact) mass is 463 g/mol. The normalized spacial score (nSPS) is 23.8. The van der Waals surface area contributed by atoms with Gasteiger partial charge in [-0.3, -0.25) is 14.9 Å². The van der Waals surface area contributed by atoms with E-state index >= 15 is 0 Å². The van der Waals surface area contributed by atoms with Gasteiger partial charge in [0, 0.05) is 5.92 Å². The predicted molar refractivity (Wildman–Crippen MR) is 131 cm³/mol. The largest absolute Gasteiger partial charge is 0.444 e. The van der Waals surface area contributed by atoms with Gasteiger partial charge in [-0.2, -0.15) is 0 Å². The fourth-order valence-electron chi connectivity index (χ4n) is 5.47. The Morgan fingerprint density at radius 1 is 1.03 bits per heavy atom. The van der Waals surface area contributed by atoms with Crippen molar-refractivity contribution >= 4 is 29.3 Å². The van der Waals surface area contributed by atoms with Gasteiger partial charge in [0.15, 0.2) is 0 Å². The molecule has 0 spiro atoms. The number of fused-ring (bicyclic) bond motifs is 2. The first kappa shape index (κ1) is 23.9. The van der Waals surface area contributed by atoms with Crippen molar-refractivity contribution in [2.45, 2.75) is 64.9 Å². The Bertz CT molecular complexity index is 1080. The molecule has 0 aliphatic heterocycles. The third-order valence-corrected chi connectivity index (χ3v) is 6.81. The molecule has 2 aromatic rings. The van der Waals surface area contributed by atoms with Gasteiger partial charge >= 0.3 is 6.09 Å². The Labute approximate surface area is 200 Å². The molecule has 4 atom stereocenters. The highest BCUT2D eigenvalue weighted by Gasteiger charge is 2.46. The fraction of sp³-hybridized carbons (Fsp3) is 0.481. The zero-order valence-electron chi connectivity index (χ0n) is 20.3. The number of nitrogens with one attached hydrogen (secondary N) is 2. The van der Waals surface area contributed by atoms with Crippen LogP contribution in [0.5, 0.6) is 0 Å². The average Bonchev–Trinajstić information content (AvgIpc) is 3.15. The van der Waals surface area contributed by atoms with Crippen molar-refractivity contribution in [1.29, 1.82) is 0 Å². The summed E-state index contributed by atoms with van der Waals surface area (Å²) < 4.78 is 5.25. The molecule has 2 saturated carbocycles. The van der Waals surface area contributed by atoms with Crippen LogP contribution in [-0.4, -0.2) is 28.4 Å². The minimum Gasteiger partial charge on any atom is -0.444 e. The number of anilines is 2. The van der Waals surface area contributed by atoms with Crippen molar-refractivity contribution in [3.63, 3.8) is 0 Å². The van der Waals surface area contributed by atoms with Gasteiger partial charge in [-0.25, -0.2) is 9.78 Å². The van der Waals surface area contributed by atoms with E-state index in [0.717, 1.165) is 31.2 Å². The van der Waals surface area contributed by atoms with Crippen LogP contribution in [0, 0.1) is 24.7 Å². The smallest absolute Gasteiger partial charge is 0.413 e. The Balaban J connectivity index is 1.45. The van der Waals surface area contributed by atoms with E-state index in [9.17, 15) is 14.4 Å². The highest BCUT2D eigenvalue weighted by atomic mass is 16.6. The molecule has 2 amide bonds. The Morgan fingerprint density at radius 2 is 1.76 bits per heavy atom. The minimum atomic E-state index is -0.623. The third-order valence-electron chi connectivity index (χ3n) is 6.81. The predicted octanol–water partition coefficient (Wildman–Crippen LogP) is 5.46. The number of pyridine rings is 1. The number of hydrogen-bond acceptors (Lipinski definition) is 5. The fourth-order valence-corrected chi connectivity index (χ4v) is 5.47. The van der Waals surface area contributed by atoms with Gasteiger partial charge in [0.25, 0.3) is 5.91 Å². The summed E-state index contributed by atoms with van der Waals surface area (Å²) in [7, 11) is 0. The van der Waals surface area contributed by atoms with Crippen molar-refractivity contribution in [2.24, 2.45) is 17.8 Å². The van der Waals surface area contributed by atoms with Crippen LogP contribution in [0.2, 0.25) is 0 Å². The molecular formula is C27H33N3O4. The maximum atomic E-state index is 13.3. The number of ether oxygens (including phenoxy) is 1. The van der Waals surface area contributed by atoms with E-state index in [4.69, 9.17) is 4.74 Å². The molecule has 4 rings (SSSR count). The van der Waals surface area contributed by atoms with Crippen molar-refractivity contribution in [2.75, 3.05) is 10.6 Å². The molecule has 2 N–H and O–H groups in total. The summed E-state index contributed by atoms with van der Waals surface area (Å²) in [4.78, 5) is 42.6. The molecule has 2 aliphatic rings. The van der Waals surface area contributed by atoms with Gasteiger partial charge in [0.2, 0.25) is 5.78 Å². The Morgan fingerprint density at radius 3 is 2.44 bits per heavy atom. The van der Waals surface area contributed by atoms with Crippen LogP contribution in [0.1, 0.15) is 63.5 Å². The second-order valence-corrected chi connectivity index (χ2v) is 10.6. The Hall–Kier alpha value is -3.22. The summed E-state index contributed by atoms with van der Waals surface area (Å²) >= 11 is 0. The van der Waals surface area contributed by atoms with Crippen molar-refractivity contribution < 1.29 is 19.1 Å². The number of aryl methyl sites for hydroxylation is 1. The quantitative estimate of drug-likeness (QED) is 0.574. The zero-order valence-corrected chi connectivity index (χ0v) is 20.3. The first-order valence-electron chi connectivity index (χ1n) is 12.0. The second-order valence-electron chi connectivity index (χ2n) is 10.6. The van der Waals surface area contributed by atoms with Crippen LogP contribution in [0.4, 0.5) is 16.3 Å². The van der Waals surface area contributed by atoms with E-state index in [2.05, 4.69) is 27.8 Å². The molecule has 1 aromatic heterocycles. The van der Waals surface area contributed by atoms with E-state index in [1.54, 1.807) is 33.8 Å². The molecule has 2 aliphatic carbocycles. The van der Waals surface area contributed by atoms with Crippen LogP contribution in [0.25, 0.3) is 0 Å². The average molecular weight is 464 g/mol. The summed E-state index contributed by atoms with van der Waals surface area (Å²) in [5.74, 6) is 0.111. The number of ketones is 1. The van der Waals surface area contributed by atoms with E-state index in [1.807, 2.05) is 18.2 Å². The number of carbonyl (C=O) groups excluding carboxylic acids is 3. The van der Waals surface area contributed by atoms with Crippen LogP contribution in [-0.2, 0) is 14.3 Å². The number of carbonyl (C=O) groups is 3. The summed E-state index contributed by atoms with van der Waals surface area (Å²) in [5, 5.41) is 5.34. The van der Waals surface area contributed by atoms with Crippen molar-refractivity contribution in [3.05, 3.63) is 53.7 Å². The van der Waals surface area contributed by atoms with Gasteiger partial charge in [-0.05, 0) is 81.9 Å². The van der Waals surface area contributed by atoms with Gasteiger partial charge in [0.1, 0.15) is 11.4 Å². The summed E-state index contributed by atoms with van der Waals surface area (Å²) in [5.41, 5.74) is 1.59. The van der Waals surface area contributed by atoms with E-state index in [-0.39, 0.29) is 17.6 Å². The van der Waals surface area contributed by atoms with Crippen LogP contribution >= 0.6 is 0 Å². The van der Waals surface area contributed by atoms with Crippen molar-refractivity contribution in [3.8, 4) is 0 Å². The lowest BCUT2D eigenvalue weighted by molar-refractivity contribution is -0.138. The standard InChI is InChI=1S/C27H33N3O4/c1-16-12-20(15-28-24(16)30-26(33)34-27(2,3)4)29-25(32)23(31)21-14-17-10-11-19(13-17)22(21)18-8-6-5-7-9-18/h5-9,12,15,17,19,21-22H,10-11,13-14H2,1-4H3,(H,29,32)(H,28,30,33)/t17-,19+,21?,22+/m1/s1. The first-order chi connectivity index (χ1) is 16.1. The number of amides is 2. The summed E-state index contributed by atoms with van der Waals surface area (Å²) in [6.45, 7) is 7.11. The SMILES string of the molecule is Cc1cc(NC(=O)C(=O)C2C[C@@H]3CC[C@@H](C3)[C@@H]2c2ccccc2)cnc1NC(=O)OC(C)(C)C. The minimum absolute atomic E-state index is 0.0819. The lowest BCUT2D eigenvalue weighted by atomic mass is 9.67. The number of aromatic nitrogens is 1. The first-order valence-corrected chi connectivity index (χ1v) is 12.0. The number of nitrogens with zero attached hydrogens (tertiary/aromatic N) is 1. The highest BCUT2D eigenvalue weighted by molar-refractivity contribution is 6.41. The van der Waals surface area contributed by atoms with Gasteiger partial charge < -0.3 is 10.1 Å². The number of rotatable bonds is 5. The zero-order chi connectivity index (χ0) is 24.5. The molecule has 2 fully saturated rings. The molecule has 1 aromatic carbocycles. The molecule has 1 heterocycles. The third kappa shape index (κ3) is 5.46. The highest BCUT2D eigenvalue weighted by Crippen LogP contribution is 2.52. The van der Waals surface area contributed by atoms with Gasteiger partial charge in [-0.15, -0.1) is 0 Å². The summed E-state index contributed by atoms with van der Waals surface area (Å²) in [6.07, 6.45) is 4.98. The number of hydrogen-bond donors (Lipinski definition) is 2. The molecule has 7 heteroatoms. The molecule has 0 radical (unpaired) electrons. The number of benzene rings is 1. The van der Waals surface area contributed by atoms with Crippen LogP contribution < -0.4 is 10.6 Å². The molecule has 7 nitrogen and oxygen atoms in total. The van der Waals surface area contributed by atoms with Gasteiger partial charge in [-0.1, -0.05) is 36.8 Å². The molecular weight excluding hydrogens is 430 g/mol. The lowest BCUT2D eigenvalue weighted by Gasteiger charge is -2.36. The van der Waals surface area contributed by atoms with E-state index < -0.39 is 17.6 Å². The molecule has 2 bridgehead atoms. The van der Waals surface area contributed by atoms with E-state index in [0.29, 0.717) is 28.9 Å². The van der Waals surface area contributed by atoms with Crippen molar-refractivity contribution in [1.82, 2.24) is 4.98 Å². The molecule has 1 unspecified atom stereocenters. The maximum Gasteiger partial charge on any atom is 0.413 e. The maximum absolute atomic E-state index is 13.3. The number of Topliss-reactive ketones (excluding diaryl/α,β-unsaturated/α-hetero) is 1. The molecule has 180 valence electrons.